The third-order valence-electron chi connectivity index (χ3n) is 7.51. The van der Waals surface area contributed by atoms with Crippen molar-refractivity contribution in [1.82, 2.24) is 10.2 Å². The number of rotatable bonds is 17. The normalized spacial score (nSPS) is 14.5. The van der Waals surface area contributed by atoms with E-state index in [1.165, 1.54) is 0 Å². The van der Waals surface area contributed by atoms with Crippen molar-refractivity contribution in [3.63, 3.8) is 0 Å². The number of hydrogen-bond donors (Lipinski definition) is 3. The fourth-order valence-electron chi connectivity index (χ4n) is 4.75. The summed E-state index contributed by atoms with van der Waals surface area (Å²) in [5.74, 6) is -4.35. The number of carbonyl (C=O) groups excluding carboxylic acids is 6. The molecule has 0 aliphatic carbocycles. The molecule has 2 atom stereocenters. The predicted octanol–water partition coefficient (Wildman–Crippen LogP) is 3.63. The van der Waals surface area contributed by atoms with E-state index in [0.29, 0.717) is 37.8 Å². The van der Waals surface area contributed by atoms with Gasteiger partial charge in [0, 0.05) is 48.4 Å². The van der Waals surface area contributed by atoms with Crippen molar-refractivity contribution in [3.05, 3.63) is 41.5 Å². The molecule has 0 radical (unpaired) electrons. The van der Waals surface area contributed by atoms with Crippen LogP contribution in [-0.2, 0) is 46.4 Å². The molecule has 1 aromatic rings. The topological polar surface area (TPSA) is 167 Å². The molecule has 0 aromatic heterocycles. The van der Waals surface area contributed by atoms with E-state index >= 15 is 0 Å². The Balaban J connectivity index is 2.06. The van der Waals surface area contributed by atoms with E-state index in [2.05, 4.69) is 10.6 Å². The number of carbonyl (C=O) groups is 7. The fraction of sp³-hybridized carbons (Fsp3) is 0.545. The molecule has 0 saturated heterocycles. The van der Waals surface area contributed by atoms with E-state index in [0.717, 1.165) is 28.2 Å². The van der Waals surface area contributed by atoms with Crippen molar-refractivity contribution in [2.75, 3.05) is 11.9 Å². The van der Waals surface area contributed by atoms with Gasteiger partial charge in [0.2, 0.25) is 11.8 Å². The molecule has 0 fully saturated rings. The third-order valence-corrected chi connectivity index (χ3v) is 7.51. The van der Waals surface area contributed by atoms with E-state index in [-0.39, 0.29) is 36.2 Å². The highest BCUT2D eigenvalue weighted by atomic mass is 16.4. The highest BCUT2D eigenvalue weighted by Crippen LogP contribution is 2.24. The Morgan fingerprint density at radius 3 is 2.09 bits per heavy atom. The Labute approximate surface area is 258 Å². The van der Waals surface area contributed by atoms with Crippen LogP contribution in [0, 0.1) is 17.3 Å². The number of aryl methyl sites for hydroxylation is 2. The van der Waals surface area contributed by atoms with Crippen LogP contribution in [-0.4, -0.2) is 63.8 Å². The van der Waals surface area contributed by atoms with Crippen molar-refractivity contribution < 1.29 is 38.7 Å². The van der Waals surface area contributed by atoms with Gasteiger partial charge in [0.25, 0.3) is 11.8 Å². The summed E-state index contributed by atoms with van der Waals surface area (Å²) in [6.45, 7) is 10.2. The largest absolute Gasteiger partial charge is 0.481 e. The maximum absolute atomic E-state index is 13.1. The molecule has 1 aromatic carbocycles. The van der Waals surface area contributed by atoms with Crippen LogP contribution in [0.5, 0.6) is 0 Å². The van der Waals surface area contributed by atoms with E-state index < -0.39 is 47.6 Å². The van der Waals surface area contributed by atoms with E-state index in [9.17, 15) is 33.6 Å². The number of carboxylic acids is 1. The molecule has 0 saturated carbocycles. The summed E-state index contributed by atoms with van der Waals surface area (Å²) in [6.07, 6.45) is 4.68. The lowest BCUT2D eigenvalue weighted by Gasteiger charge is -2.24. The van der Waals surface area contributed by atoms with Crippen molar-refractivity contribution in [3.8, 4) is 0 Å². The molecule has 3 N–H and O–H groups in total. The molecule has 1 aliphatic heterocycles. The van der Waals surface area contributed by atoms with E-state index in [4.69, 9.17) is 5.11 Å². The molecule has 0 spiro atoms. The number of amides is 4. The molecule has 2 rings (SSSR count). The lowest BCUT2D eigenvalue weighted by atomic mass is 9.86. The third kappa shape index (κ3) is 11.2. The van der Waals surface area contributed by atoms with Crippen molar-refractivity contribution in [1.29, 1.82) is 0 Å². The van der Waals surface area contributed by atoms with E-state index in [1.54, 1.807) is 26.8 Å². The van der Waals surface area contributed by atoms with Gasteiger partial charge in [-0.25, -0.2) is 0 Å². The Morgan fingerprint density at radius 2 is 1.52 bits per heavy atom. The summed E-state index contributed by atoms with van der Waals surface area (Å²) in [5, 5.41) is 14.4. The van der Waals surface area contributed by atoms with Gasteiger partial charge in [0.1, 0.15) is 12.3 Å². The van der Waals surface area contributed by atoms with Crippen LogP contribution < -0.4 is 10.6 Å². The number of anilines is 1. The Hall–Kier alpha value is -4.15. The van der Waals surface area contributed by atoms with Crippen molar-refractivity contribution in [2.45, 2.75) is 92.5 Å². The summed E-state index contributed by atoms with van der Waals surface area (Å²) >= 11 is 0. The van der Waals surface area contributed by atoms with Crippen LogP contribution in [0.25, 0.3) is 0 Å². The molecule has 44 heavy (non-hydrogen) atoms. The summed E-state index contributed by atoms with van der Waals surface area (Å²) in [7, 11) is 0. The van der Waals surface area contributed by atoms with Gasteiger partial charge >= 0.3 is 5.97 Å². The van der Waals surface area contributed by atoms with Crippen LogP contribution in [0.15, 0.2) is 30.4 Å². The van der Waals surface area contributed by atoms with Crippen LogP contribution in [0.1, 0.15) is 84.8 Å². The highest BCUT2D eigenvalue weighted by Gasteiger charge is 2.30. The molecular weight excluding hydrogens is 566 g/mol. The van der Waals surface area contributed by atoms with Gasteiger partial charge in [0.15, 0.2) is 5.78 Å². The lowest BCUT2D eigenvalue weighted by molar-refractivity contribution is -0.141. The van der Waals surface area contributed by atoms with Crippen LogP contribution in [0.2, 0.25) is 0 Å². The number of ketones is 2. The first kappa shape index (κ1) is 36.0. The molecule has 1 heterocycles. The summed E-state index contributed by atoms with van der Waals surface area (Å²) < 4.78 is 0. The SMILES string of the molecule is CC(C)[C@H](NC(=O)CN1C(=O)C=CC1=O)C(=O)C[C@@H](C)C(=O)Nc1ccc(CCC(=O)C(C)(C)C)c(CCCCC(=O)O)c1. The number of nitrogens with zero attached hydrogens (tertiary/aromatic N) is 1. The number of unbranched alkanes of at least 4 members (excludes halogenated alkanes) is 1. The van der Waals surface area contributed by atoms with Gasteiger partial charge in [-0.15, -0.1) is 0 Å². The Kier molecular flexibility index (Phi) is 13.2. The molecule has 11 nitrogen and oxygen atoms in total. The number of carboxylic acid groups (broad SMARTS) is 1. The second-order valence-corrected chi connectivity index (χ2v) is 12.7. The number of aliphatic carboxylic acids is 1. The molecule has 0 unspecified atom stereocenters. The number of hydrogen-bond acceptors (Lipinski definition) is 7. The predicted molar refractivity (Wildman–Crippen MR) is 164 cm³/mol. The smallest absolute Gasteiger partial charge is 0.303 e. The number of Topliss-reactive ketones (excluding diaryl/α,β-unsaturated/α-hetero) is 2. The molecule has 1 aliphatic rings. The van der Waals surface area contributed by atoms with Gasteiger partial charge in [-0.05, 0) is 54.9 Å². The monoisotopic (exact) mass is 611 g/mol. The molecule has 4 amide bonds. The minimum atomic E-state index is -0.911. The van der Waals surface area contributed by atoms with Crippen molar-refractivity contribution in [2.24, 2.45) is 17.3 Å². The minimum absolute atomic E-state index is 0.0589. The average molecular weight is 612 g/mol. The van der Waals surface area contributed by atoms with Gasteiger partial charge in [0.05, 0.1) is 6.04 Å². The zero-order chi connectivity index (χ0) is 33.2. The first-order valence-corrected chi connectivity index (χ1v) is 15.0. The first-order valence-electron chi connectivity index (χ1n) is 15.0. The van der Waals surface area contributed by atoms with Crippen molar-refractivity contribution >= 4 is 46.9 Å². The number of nitrogens with one attached hydrogen (secondary N) is 2. The van der Waals surface area contributed by atoms with Gasteiger partial charge < -0.3 is 15.7 Å². The maximum Gasteiger partial charge on any atom is 0.303 e. The van der Waals surface area contributed by atoms with Gasteiger partial charge in [-0.3, -0.25) is 38.5 Å². The second kappa shape index (κ2) is 16.1. The summed E-state index contributed by atoms with van der Waals surface area (Å²) in [5.41, 5.74) is 1.95. The zero-order valence-corrected chi connectivity index (χ0v) is 26.5. The highest BCUT2D eigenvalue weighted by molar-refractivity contribution is 6.14. The van der Waals surface area contributed by atoms with E-state index in [1.807, 2.05) is 32.9 Å². The maximum atomic E-state index is 13.1. The lowest BCUT2D eigenvalue weighted by Crippen LogP contribution is -2.49. The van der Waals surface area contributed by atoms with Gasteiger partial charge in [-0.2, -0.15) is 0 Å². The fourth-order valence-corrected chi connectivity index (χ4v) is 4.75. The first-order chi connectivity index (χ1) is 20.5. The number of imide groups is 1. The van der Waals surface area contributed by atoms with Crippen LogP contribution >= 0.6 is 0 Å². The Morgan fingerprint density at radius 1 is 0.886 bits per heavy atom. The minimum Gasteiger partial charge on any atom is -0.481 e. The van der Waals surface area contributed by atoms with Gasteiger partial charge in [-0.1, -0.05) is 47.6 Å². The standard InChI is InChI=1S/C33H45N3O8/c1-20(2)31(35-27(39)19-36-28(40)15-16-29(36)41)25(37)17-21(3)32(44)34-24-13-11-22(12-14-26(38)33(4,5)6)23(18-24)9-7-8-10-30(42)43/h11,13,15-16,18,20-21,31H,7-10,12,14,17,19H2,1-6H3,(H,34,44)(H,35,39)(H,42,43)/t21-,31+/m1/s1. The molecule has 11 heteroatoms. The summed E-state index contributed by atoms with van der Waals surface area (Å²) in [4.78, 5) is 86.5. The number of benzene rings is 1. The Bertz CT molecular complexity index is 1290. The molecular formula is C33H45N3O8. The summed E-state index contributed by atoms with van der Waals surface area (Å²) in [6, 6.07) is 4.53. The molecule has 0 bridgehead atoms. The quantitative estimate of drug-likeness (QED) is 0.177. The van der Waals surface area contributed by atoms with Crippen LogP contribution in [0.3, 0.4) is 0 Å². The zero-order valence-electron chi connectivity index (χ0n) is 26.5. The second-order valence-electron chi connectivity index (χ2n) is 12.7. The molecule has 240 valence electrons. The average Bonchev–Trinajstić information content (AvgIpc) is 3.24. The van der Waals surface area contributed by atoms with Crippen LogP contribution in [0.4, 0.5) is 5.69 Å².